The number of benzene rings is 1. The van der Waals surface area contributed by atoms with E-state index in [0.717, 1.165) is 0 Å². The van der Waals surface area contributed by atoms with E-state index in [1.807, 2.05) is 0 Å². The molecule has 0 aliphatic heterocycles. The summed E-state index contributed by atoms with van der Waals surface area (Å²) in [5.74, 6) is -0.372. The molecule has 12 nitrogen and oxygen atoms in total. The Kier molecular flexibility index (Phi) is 6.85. The van der Waals surface area contributed by atoms with Gasteiger partial charge in [-0.15, -0.1) is 0 Å². The minimum absolute atomic E-state index is 0.0276. The van der Waals surface area contributed by atoms with Crippen molar-refractivity contribution in [2.75, 3.05) is 14.2 Å². The van der Waals surface area contributed by atoms with Crippen LogP contribution < -0.4 is 26.1 Å². The highest BCUT2D eigenvalue weighted by Gasteiger charge is 2.21. The maximum atomic E-state index is 11.9. The molecule has 0 saturated heterocycles. The normalized spacial score (nSPS) is 10.7. The van der Waals surface area contributed by atoms with Crippen LogP contribution in [0.4, 0.5) is 5.69 Å². The largest absolute Gasteiger partial charge is 0.493 e. The van der Waals surface area contributed by atoms with Crippen LogP contribution in [0.1, 0.15) is 23.2 Å². The van der Waals surface area contributed by atoms with Crippen molar-refractivity contribution < 1.29 is 19.2 Å². The molecule has 1 amide bonds. The van der Waals surface area contributed by atoms with Crippen LogP contribution in [0.5, 0.6) is 11.5 Å². The number of aryl methyl sites for hydroxylation is 1. The van der Waals surface area contributed by atoms with Gasteiger partial charge in [0, 0.05) is 29.3 Å². The van der Waals surface area contributed by atoms with Gasteiger partial charge in [0.05, 0.1) is 25.4 Å². The fourth-order valence-corrected chi connectivity index (χ4v) is 2.58. The number of H-pyrrole nitrogens is 2. The Morgan fingerprint density at radius 2 is 2.00 bits per heavy atom. The van der Waals surface area contributed by atoms with Crippen LogP contribution in [0.15, 0.2) is 26.8 Å². The Labute approximate surface area is 163 Å². The number of carbonyl (C=O) groups excluding carboxylic acids is 1. The first-order valence-electron chi connectivity index (χ1n) is 8.31. The van der Waals surface area contributed by atoms with Crippen LogP contribution in [0.25, 0.3) is 0 Å². The number of ether oxygens (including phenoxy) is 2. The molecule has 0 unspecified atom stereocenters. The van der Waals surface area contributed by atoms with Crippen molar-refractivity contribution >= 4 is 17.8 Å². The lowest BCUT2D eigenvalue weighted by molar-refractivity contribution is -0.385. The van der Waals surface area contributed by atoms with E-state index in [1.165, 1.54) is 32.6 Å². The zero-order valence-corrected chi connectivity index (χ0v) is 15.9. The average Bonchev–Trinajstić information content (AvgIpc) is 2.66. The third-order valence-corrected chi connectivity index (χ3v) is 3.94. The van der Waals surface area contributed by atoms with Crippen molar-refractivity contribution in [3.05, 3.63) is 59.9 Å². The summed E-state index contributed by atoms with van der Waals surface area (Å²) >= 11 is 0. The molecule has 0 radical (unpaired) electrons. The van der Waals surface area contributed by atoms with Gasteiger partial charge < -0.3 is 14.5 Å². The molecule has 2 aromatic rings. The third kappa shape index (κ3) is 5.28. The predicted octanol–water partition coefficient (Wildman–Crippen LogP) is 0.380. The summed E-state index contributed by atoms with van der Waals surface area (Å²) in [6, 6.07) is 2.69. The highest BCUT2D eigenvalue weighted by molar-refractivity contribution is 5.85. The van der Waals surface area contributed by atoms with Gasteiger partial charge in [0.1, 0.15) is 0 Å². The van der Waals surface area contributed by atoms with E-state index in [4.69, 9.17) is 9.47 Å². The van der Waals surface area contributed by atoms with E-state index in [0.29, 0.717) is 16.8 Å². The minimum atomic E-state index is -0.624. The average molecular weight is 405 g/mol. The first kappa shape index (κ1) is 21.3. The lowest BCUT2D eigenvalue weighted by Gasteiger charge is -2.08. The van der Waals surface area contributed by atoms with Crippen LogP contribution in [-0.4, -0.2) is 41.2 Å². The molecule has 0 aliphatic rings. The second kappa shape index (κ2) is 9.30. The number of carbonyl (C=O) groups is 1. The minimum Gasteiger partial charge on any atom is -0.493 e. The van der Waals surface area contributed by atoms with E-state index in [9.17, 15) is 24.5 Å². The lowest BCUT2D eigenvalue weighted by Crippen LogP contribution is -2.28. The van der Waals surface area contributed by atoms with Crippen molar-refractivity contribution in [1.82, 2.24) is 15.4 Å². The molecule has 12 heteroatoms. The Morgan fingerprint density at radius 3 is 2.59 bits per heavy atom. The standard InChI is InChI=1S/C17H19N5O7/c1-9-11(16(24)20-17(25)19-9)4-5-14(23)21-18-8-10-6-12(22(26)27)15(29-3)13(7-10)28-2/h6-8H,4-5H2,1-3H3,(H,21,23)(H2,19,20,24,25)/b18-8+. The van der Waals surface area contributed by atoms with Crippen molar-refractivity contribution in [3.63, 3.8) is 0 Å². The molecule has 29 heavy (non-hydrogen) atoms. The second-order valence-electron chi connectivity index (χ2n) is 5.84. The van der Waals surface area contributed by atoms with E-state index in [1.54, 1.807) is 6.92 Å². The number of amides is 1. The van der Waals surface area contributed by atoms with Gasteiger partial charge in [-0.05, 0) is 19.4 Å². The van der Waals surface area contributed by atoms with Gasteiger partial charge in [0.2, 0.25) is 11.7 Å². The first-order chi connectivity index (χ1) is 13.8. The summed E-state index contributed by atoms with van der Waals surface area (Å²) in [6.45, 7) is 1.56. The van der Waals surface area contributed by atoms with Crippen LogP contribution in [0, 0.1) is 17.0 Å². The van der Waals surface area contributed by atoms with Crippen molar-refractivity contribution in [2.24, 2.45) is 5.10 Å². The highest BCUT2D eigenvalue weighted by atomic mass is 16.6. The van der Waals surface area contributed by atoms with Gasteiger partial charge in [-0.2, -0.15) is 5.10 Å². The summed E-state index contributed by atoms with van der Waals surface area (Å²) in [4.78, 5) is 50.0. The molecular weight excluding hydrogens is 386 g/mol. The molecule has 0 bridgehead atoms. The fourth-order valence-electron chi connectivity index (χ4n) is 2.58. The Hall–Kier alpha value is -3.96. The Bertz CT molecular complexity index is 1070. The molecule has 1 aromatic heterocycles. The maximum Gasteiger partial charge on any atom is 0.325 e. The van der Waals surface area contributed by atoms with Crippen LogP contribution in [-0.2, 0) is 11.2 Å². The van der Waals surface area contributed by atoms with Crippen LogP contribution in [0.3, 0.4) is 0 Å². The Balaban J connectivity index is 2.07. The molecule has 0 aliphatic carbocycles. The molecule has 0 atom stereocenters. The van der Waals surface area contributed by atoms with Crippen LogP contribution in [0.2, 0.25) is 0 Å². The summed E-state index contributed by atoms with van der Waals surface area (Å²) < 4.78 is 10.1. The topological polar surface area (TPSA) is 169 Å². The quantitative estimate of drug-likeness (QED) is 0.324. The molecule has 1 heterocycles. The van der Waals surface area contributed by atoms with Gasteiger partial charge in [-0.3, -0.25) is 24.7 Å². The van der Waals surface area contributed by atoms with Crippen LogP contribution >= 0.6 is 0 Å². The summed E-state index contributed by atoms with van der Waals surface area (Å²) in [7, 11) is 2.62. The number of nitrogens with zero attached hydrogens (tertiary/aromatic N) is 2. The van der Waals surface area contributed by atoms with E-state index in [-0.39, 0.29) is 30.0 Å². The van der Waals surface area contributed by atoms with Gasteiger partial charge in [-0.1, -0.05) is 0 Å². The number of nitrogens with one attached hydrogen (secondary N) is 3. The zero-order chi connectivity index (χ0) is 21.6. The number of hydrogen-bond acceptors (Lipinski definition) is 8. The summed E-state index contributed by atoms with van der Waals surface area (Å²) in [5, 5.41) is 14.9. The summed E-state index contributed by atoms with van der Waals surface area (Å²) in [6.07, 6.45) is 1.26. The number of aromatic nitrogens is 2. The van der Waals surface area contributed by atoms with Crippen molar-refractivity contribution in [1.29, 1.82) is 0 Å². The molecule has 0 saturated carbocycles. The maximum absolute atomic E-state index is 11.9. The molecular formula is C17H19N5O7. The van der Waals surface area contributed by atoms with Gasteiger partial charge >= 0.3 is 11.4 Å². The summed E-state index contributed by atoms with van der Waals surface area (Å²) in [5.41, 5.74) is 1.77. The number of nitro groups is 1. The van der Waals surface area contributed by atoms with Gasteiger partial charge in [0.15, 0.2) is 5.75 Å². The van der Waals surface area contributed by atoms with Gasteiger partial charge in [-0.25, -0.2) is 10.2 Å². The molecule has 1 aromatic carbocycles. The number of hydrogen-bond donors (Lipinski definition) is 3. The SMILES string of the molecule is COc1cc(/C=N/NC(=O)CCc2c(C)[nH]c(=O)[nH]c2=O)cc([N+](=O)[O-])c1OC. The highest BCUT2D eigenvalue weighted by Crippen LogP contribution is 2.37. The number of hydrazone groups is 1. The van der Waals surface area contributed by atoms with E-state index >= 15 is 0 Å². The molecule has 2 rings (SSSR count). The van der Waals surface area contributed by atoms with Crippen molar-refractivity contribution in [2.45, 2.75) is 19.8 Å². The first-order valence-corrected chi connectivity index (χ1v) is 8.31. The monoisotopic (exact) mass is 405 g/mol. The van der Waals surface area contributed by atoms with E-state index < -0.39 is 22.1 Å². The Morgan fingerprint density at radius 1 is 1.28 bits per heavy atom. The number of nitro benzene ring substituents is 1. The second-order valence-corrected chi connectivity index (χ2v) is 5.84. The molecule has 154 valence electrons. The molecule has 3 N–H and O–H groups in total. The number of rotatable bonds is 8. The smallest absolute Gasteiger partial charge is 0.325 e. The third-order valence-electron chi connectivity index (χ3n) is 3.94. The fraction of sp³-hybridized carbons (Fsp3) is 0.294. The lowest BCUT2D eigenvalue weighted by atomic mass is 10.1. The number of methoxy groups -OCH3 is 2. The van der Waals surface area contributed by atoms with E-state index in [2.05, 4.69) is 20.5 Å². The zero-order valence-electron chi connectivity index (χ0n) is 15.9. The van der Waals surface area contributed by atoms with Crippen molar-refractivity contribution in [3.8, 4) is 11.5 Å². The molecule has 0 spiro atoms. The number of aromatic amines is 2. The predicted molar refractivity (Wildman–Crippen MR) is 103 cm³/mol. The van der Waals surface area contributed by atoms with Gasteiger partial charge in [0.25, 0.3) is 5.56 Å². The molecule has 0 fully saturated rings.